The fourth-order valence-electron chi connectivity index (χ4n) is 3.74. The van der Waals surface area contributed by atoms with Crippen LogP contribution >= 0.6 is 0 Å². The fourth-order valence-corrected chi connectivity index (χ4v) is 3.74. The number of aromatic nitrogens is 2. The van der Waals surface area contributed by atoms with Gasteiger partial charge >= 0.3 is 0 Å². The first-order valence-corrected chi connectivity index (χ1v) is 9.44. The van der Waals surface area contributed by atoms with Crippen LogP contribution in [0.1, 0.15) is 48.9 Å². The highest BCUT2D eigenvalue weighted by Gasteiger charge is 2.28. The average molecular weight is 358 g/mol. The highest BCUT2D eigenvalue weighted by Crippen LogP contribution is 2.28. The van der Waals surface area contributed by atoms with Crippen LogP contribution in [-0.4, -0.2) is 46.3 Å². The van der Waals surface area contributed by atoms with Crippen molar-refractivity contribution >= 4 is 5.91 Å². The number of carbonyl (C=O) groups excluding carboxylic acids is 1. The number of para-hydroxylation sites is 1. The van der Waals surface area contributed by atoms with Crippen molar-refractivity contribution in [3.05, 3.63) is 47.0 Å². The van der Waals surface area contributed by atoms with Gasteiger partial charge in [-0.1, -0.05) is 26.0 Å². The lowest BCUT2D eigenvalue weighted by Gasteiger charge is -2.26. The van der Waals surface area contributed by atoms with Crippen molar-refractivity contribution in [2.24, 2.45) is 0 Å². The van der Waals surface area contributed by atoms with E-state index in [-0.39, 0.29) is 17.8 Å². The highest BCUT2D eigenvalue weighted by molar-refractivity contribution is 5.94. The van der Waals surface area contributed by atoms with Gasteiger partial charge in [0.2, 0.25) is 0 Å². The molecule has 1 amide bonds. The van der Waals surface area contributed by atoms with E-state index in [1.54, 1.807) is 22.9 Å². The Morgan fingerprint density at radius 3 is 2.73 bits per heavy atom. The largest absolute Gasteiger partial charge is 0.349 e. The molecule has 1 aliphatic carbocycles. The summed E-state index contributed by atoms with van der Waals surface area (Å²) in [6, 6.07) is 6.82. The topological polar surface area (TPSA) is 50.2 Å². The number of nitrogens with zero attached hydrogens (tertiary/aromatic N) is 3. The van der Waals surface area contributed by atoms with Gasteiger partial charge in [0.15, 0.2) is 5.69 Å². The first-order valence-electron chi connectivity index (χ1n) is 9.44. The van der Waals surface area contributed by atoms with E-state index in [0.717, 1.165) is 43.6 Å². The number of rotatable bonds is 7. The Bertz CT molecular complexity index is 782. The van der Waals surface area contributed by atoms with Crippen molar-refractivity contribution in [2.75, 3.05) is 19.6 Å². The SMILES string of the molecule is CCN(CC)C(C)CNC(=O)c1nn(-c2ccccc2F)c2c1CCC2. The monoisotopic (exact) mass is 358 g/mol. The summed E-state index contributed by atoms with van der Waals surface area (Å²) < 4.78 is 15.8. The van der Waals surface area contributed by atoms with Gasteiger partial charge in [-0.2, -0.15) is 5.10 Å². The molecule has 0 fully saturated rings. The molecule has 0 radical (unpaired) electrons. The zero-order valence-corrected chi connectivity index (χ0v) is 15.8. The minimum atomic E-state index is -0.327. The van der Waals surface area contributed by atoms with Crippen molar-refractivity contribution in [2.45, 2.75) is 46.1 Å². The minimum Gasteiger partial charge on any atom is -0.349 e. The molecule has 1 heterocycles. The molecule has 0 aliphatic heterocycles. The molecule has 140 valence electrons. The number of carbonyl (C=O) groups is 1. The molecule has 1 atom stereocenters. The summed E-state index contributed by atoms with van der Waals surface area (Å²) in [6.07, 6.45) is 2.61. The lowest BCUT2D eigenvalue weighted by molar-refractivity contribution is 0.0931. The number of amides is 1. The van der Waals surface area contributed by atoms with Crippen molar-refractivity contribution in [1.29, 1.82) is 0 Å². The van der Waals surface area contributed by atoms with Gasteiger partial charge in [0.1, 0.15) is 11.5 Å². The third-order valence-electron chi connectivity index (χ3n) is 5.22. The zero-order valence-electron chi connectivity index (χ0n) is 15.8. The Hall–Kier alpha value is -2.21. The molecular formula is C20H27FN4O. The van der Waals surface area contributed by atoms with Crippen molar-refractivity contribution < 1.29 is 9.18 Å². The Labute approximate surface area is 154 Å². The van der Waals surface area contributed by atoms with Crippen LogP contribution in [0.15, 0.2) is 24.3 Å². The fraction of sp³-hybridized carbons (Fsp3) is 0.500. The molecule has 2 aromatic rings. The lowest BCUT2D eigenvalue weighted by Crippen LogP contribution is -2.42. The van der Waals surface area contributed by atoms with E-state index in [0.29, 0.717) is 17.9 Å². The summed E-state index contributed by atoms with van der Waals surface area (Å²) in [5.41, 5.74) is 2.76. The Kier molecular flexibility index (Phi) is 5.71. The van der Waals surface area contributed by atoms with Gasteiger partial charge < -0.3 is 5.32 Å². The number of nitrogens with one attached hydrogen (secondary N) is 1. The highest BCUT2D eigenvalue weighted by atomic mass is 19.1. The van der Waals surface area contributed by atoms with E-state index in [9.17, 15) is 9.18 Å². The van der Waals surface area contributed by atoms with Gasteiger partial charge in [0.25, 0.3) is 5.91 Å². The van der Waals surface area contributed by atoms with Crippen LogP contribution in [-0.2, 0) is 12.8 Å². The number of hydrogen-bond acceptors (Lipinski definition) is 3. The molecule has 0 spiro atoms. The first-order chi connectivity index (χ1) is 12.6. The maximum absolute atomic E-state index is 14.2. The summed E-state index contributed by atoms with van der Waals surface area (Å²) in [4.78, 5) is 15.0. The van der Waals surface area contributed by atoms with Crippen molar-refractivity contribution in [3.8, 4) is 5.69 Å². The zero-order chi connectivity index (χ0) is 18.7. The van der Waals surface area contributed by atoms with Gasteiger partial charge in [-0.3, -0.25) is 9.69 Å². The second-order valence-corrected chi connectivity index (χ2v) is 6.77. The van der Waals surface area contributed by atoms with Gasteiger partial charge in [-0.05, 0) is 51.4 Å². The number of halogens is 1. The summed E-state index contributed by atoms with van der Waals surface area (Å²) in [6.45, 7) is 8.81. The molecule has 3 rings (SSSR count). The Balaban J connectivity index is 1.82. The van der Waals surface area contributed by atoms with Crippen molar-refractivity contribution in [3.63, 3.8) is 0 Å². The predicted molar refractivity (Wildman–Crippen MR) is 100 cm³/mol. The smallest absolute Gasteiger partial charge is 0.272 e. The van der Waals surface area contributed by atoms with Gasteiger partial charge in [-0.15, -0.1) is 0 Å². The van der Waals surface area contributed by atoms with Crippen LogP contribution in [0.3, 0.4) is 0 Å². The third-order valence-corrected chi connectivity index (χ3v) is 5.22. The summed E-state index contributed by atoms with van der Waals surface area (Å²) in [5, 5.41) is 7.48. The van der Waals surface area contributed by atoms with E-state index >= 15 is 0 Å². The maximum atomic E-state index is 14.2. The molecule has 0 saturated carbocycles. The molecule has 1 aromatic carbocycles. The summed E-state index contributed by atoms with van der Waals surface area (Å²) in [7, 11) is 0. The summed E-state index contributed by atoms with van der Waals surface area (Å²) >= 11 is 0. The molecule has 5 nitrogen and oxygen atoms in total. The van der Waals surface area contributed by atoms with E-state index in [2.05, 4.69) is 36.1 Å². The number of likely N-dealkylation sites (N-methyl/N-ethyl adjacent to an activating group) is 1. The molecule has 26 heavy (non-hydrogen) atoms. The molecule has 1 N–H and O–H groups in total. The molecule has 1 aliphatic rings. The van der Waals surface area contributed by atoms with Crippen LogP contribution in [0.25, 0.3) is 5.69 Å². The molecule has 1 aromatic heterocycles. The molecule has 0 saturated heterocycles. The van der Waals surface area contributed by atoms with E-state index < -0.39 is 0 Å². The maximum Gasteiger partial charge on any atom is 0.272 e. The minimum absolute atomic E-state index is 0.169. The lowest BCUT2D eigenvalue weighted by atomic mass is 10.2. The number of fused-ring (bicyclic) bond motifs is 1. The second kappa shape index (κ2) is 7.99. The van der Waals surface area contributed by atoms with Gasteiger partial charge in [-0.25, -0.2) is 9.07 Å². The van der Waals surface area contributed by atoms with E-state index in [1.807, 2.05) is 0 Å². The molecular weight excluding hydrogens is 331 g/mol. The predicted octanol–water partition coefficient (Wildman–Crippen LogP) is 2.96. The Morgan fingerprint density at radius 2 is 2.04 bits per heavy atom. The number of hydrogen-bond donors (Lipinski definition) is 1. The van der Waals surface area contributed by atoms with Crippen molar-refractivity contribution in [1.82, 2.24) is 20.0 Å². The second-order valence-electron chi connectivity index (χ2n) is 6.77. The summed E-state index contributed by atoms with van der Waals surface area (Å²) in [5.74, 6) is -0.496. The van der Waals surface area contributed by atoms with Gasteiger partial charge in [0, 0.05) is 23.8 Å². The van der Waals surface area contributed by atoms with Crippen LogP contribution in [0, 0.1) is 5.82 Å². The van der Waals surface area contributed by atoms with Gasteiger partial charge in [0.05, 0.1) is 0 Å². The quantitative estimate of drug-likeness (QED) is 0.828. The molecule has 6 heteroatoms. The van der Waals surface area contributed by atoms with E-state index in [4.69, 9.17) is 0 Å². The Morgan fingerprint density at radius 1 is 1.31 bits per heavy atom. The standard InChI is InChI=1S/C20H27FN4O/c1-4-24(5-2)14(3)13-22-20(26)19-15-9-8-12-17(15)25(23-19)18-11-7-6-10-16(18)21/h6-7,10-11,14H,4-5,8-9,12-13H2,1-3H3,(H,22,26). The average Bonchev–Trinajstić information content (AvgIpc) is 3.24. The van der Waals surface area contributed by atoms with Crippen LogP contribution < -0.4 is 5.32 Å². The molecule has 0 bridgehead atoms. The van der Waals surface area contributed by atoms with Crippen LogP contribution in [0.2, 0.25) is 0 Å². The third kappa shape index (κ3) is 3.51. The number of benzene rings is 1. The van der Waals surface area contributed by atoms with E-state index in [1.165, 1.54) is 6.07 Å². The van der Waals surface area contributed by atoms with Crippen LogP contribution in [0.4, 0.5) is 4.39 Å². The molecule has 1 unspecified atom stereocenters. The normalized spacial score (nSPS) is 14.5. The first kappa shape index (κ1) is 18.6. The van der Waals surface area contributed by atoms with Crippen LogP contribution in [0.5, 0.6) is 0 Å².